The van der Waals surface area contributed by atoms with E-state index in [1.54, 1.807) is 0 Å². The highest BCUT2D eigenvalue weighted by atomic mass is 79.9. The molecule has 0 bridgehead atoms. The van der Waals surface area contributed by atoms with Crippen LogP contribution in [0, 0.1) is 0 Å². The minimum atomic E-state index is -4.69. The third-order valence-electron chi connectivity index (χ3n) is 4.40. The van der Waals surface area contributed by atoms with Gasteiger partial charge in [0.1, 0.15) is 0 Å². The topological polar surface area (TPSA) is 64.7 Å². The van der Waals surface area contributed by atoms with Crippen LogP contribution in [0.3, 0.4) is 0 Å². The number of alkyl halides is 6. The Morgan fingerprint density at radius 1 is 1.21 bits per heavy atom. The summed E-state index contributed by atoms with van der Waals surface area (Å²) in [6.45, 7) is 0.175. The quantitative estimate of drug-likeness (QED) is 0.492. The summed E-state index contributed by atoms with van der Waals surface area (Å²) >= 11 is 2.75. The molecular formula is C16H16BrF6N5O. The number of nitrogens with one attached hydrogen (secondary N) is 1. The molecule has 160 valence electrons. The normalized spacial score (nSPS) is 15.0. The molecule has 1 N–H and O–H groups in total. The van der Waals surface area contributed by atoms with E-state index in [0.29, 0.717) is 10.4 Å². The van der Waals surface area contributed by atoms with Crippen molar-refractivity contribution in [3.63, 3.8) is 0 Å². The maximum atomic E-state index is 13.0. The van der Waals surface area contributed by atoms with Crippen LogP contribution in [0.15, 0.2) is 10.5 Å². The Morgan fingerprint density at radius 3 is 2.38 bits per heavy atom. The lowest BCUT2D eigenvalue weighted by Gasteiger charge is -2.08. The molecular weight excluding hydrogens is 472 g/mol. The Morgan fingerprint density at radius 2 is 1.86 bits per heavy atom. The van der Waals surface area contributed by atoms with Crippen LogP contribution in [0.4, 0.5) is 26.3 Å². The van der Waals surface area contributed by atoms with Gasteiger partial charge in [-0.25, -0.2) is 0 Å². The number of hydrogen-bond donors (Lipinski definition) is 1. The predicted molar refractivity (Wildman–Crippen MR) is 92.1 cm³/mol. The summed E-state index contributed by atoms with van der Waals surface area (Å²) < 4.78 is 78.9. The van der Waals surface area contributed by atoms with Crippen molar-refractivity contribution in [3.8, 4) is 0 Å². The summed E-state index contributed by atoms with van der Waals surface area (Å²) in [6.07, 6.45) is -7.37. The largest absolute Gasteiger partial charge is 0.435 e. The SMILES string of the molecule is Cn1nc(C(=O)NCCCn2nc(C(F)(F)F)cc2C2CC2)c(Br)c1C(F)(F)F. The highest BCUT2D eigenvalue weighted by molar-refractivity contribution is 9.10. The summed E-state index contributed by atoms with van der Waals surface area (Å²) in [7, 11) is 1.07. The first kappa shape index (κ1) is 21.7. The molecule has 1 fully saturated rings. The second-order valence-electron chi connectivity index (χ2n) is 6.69. The molecule has 2 aromatic heterocycles. The number of carbonyl (C=O) groups excluding carboxylic acids is 1. The molecule has 3 rings (SSSR count). The zero-order chi connectivity index (χ0) is 21.6. The number of halogens is 7. The molecule has 6 nitrogen and oxygen atoms in total. The van der Waals surface area contributed by atoms with Gasteiger partial charge in [0.15, 0.2) is 17.1 Å². The van der Waals surface area contributed by atoms with Gasteiger partial charge in [0.2, 0.25) is 0 Å². The minimum Gasteiger partial charge on any atom is -0.351 e. The van der Waals surface area contributed by atoms with Crippen molar-refractivity contribution in [2.45, 2.75) is 44.1 Å². The van der Waals surface area contributed by atoms with E-state index in [0.717, 1.165) is 26.0 Å². The lowest BCUT2D eigenvalue weighted by molar-refractivity contribution is -0.144. The number of nitrogens with zero attached hydrogens (tertiary/aromatic N) is 4. The Labute approximate surface area is 169 Å². The fourth-order valence-electron chi connectivity index (χ4n) is 2.92. The van der Waals surface area contributed by atoms with Crippen LogP contribution in [0.25, 0.3) is 0 Å². The molecule has 0 aromatic carbocycles. The molecule has 0 unspecified atom stereocenters. The first-order valence-corrected chi connectivity index (χ1v) is 9.41. The van der Waals surface area contributed by atoms with Gasteiger partial charge < -0.3 is 5.32 Å². The van der Waals surface area contributed by atoms with E-state index in [1.807, 2.05) is 0 Å². The van der Waals surface area contributed by atoms with Gasteiger partial charge in [-0.1, -0.05) is 0 Å². The van der Waals surface area contributed by atoms with Gasteiger partial charge in [-0.05, 0) is 41.3 Å². The number of aromatic nitrogens is 4. The average molecular weight is 488 g/mol. The second-order valence-corrected chi connectivity index (χ2v) is 7.48. The number of rotatable bonds is 6. The van der Waals surface area contributed by atoms with Crippen LogP contribution in [0.5, 0.6) is 0 Å². The van der Waals surface area contributed by atoms with Gasteiger partial charge in [-0.15, -0.1) is 0 Å². The van der Waals surface area contributed by atoms with E-state index in [1.165, 1.54) is 4.68 Å². The number of amides is 1. The van der Waals surface area contributed by atoms with Gasteiger partial charge in [0.25, 0.3) is 5.91 Å². The molecule has 2 aromatic rings. The first-order chi connectivity index (χ1) is 13.4. The van der Waals surface area contributed by atoms with Crippen LogP contribution < -0.4 is 5.32 Å². The van der Waals surface area contributed by atoms with Crippen molar-refractivity contribution in [1.29, 1.82) is 0 Å². The maximum absolute atomic E-state index is 13.0. The molecule has 29 heavy (non-hydrogen) atoms. The van der Waals surface area contributed by atoms with Crippen LogP contribution in [-0.4, -0.2) is 32.0 Å². The molecule has 1 saturated carbocycles. The predicted octanol–water partition coefficient (Wildman–Crippen LogP) is 4.11. The third-order valence-corrected chi connectivity index (χ3v) is 5.15. The van der Waals surface area contributed by atoms with Crippen LogP contribution in [0.1, 0.15) is 52.8 Å². The standard InChI is InChI=1S/C16H16BrF6N5O/c1-27-13(16(21,22)23)11(17)12(26-27)14(29)24-5-2-6-28-9(8-3-4-8)7-10(25-28)15(18,19)20/h7-8H,2-6H2,1H3,(H,24,29). The second kappa shape index (κ2) is 7.65. The zero-order valence-corrected chi connectivity index (χ0v) is 16.6. The van der Waals surface area contributed by atoms with E-state index in [9.17, 15) is 31.1 Å². The van der Waals surface area contributed by atoms with Gasteiger partial charge in [0, 0.05) is 31.7 Å². The Kier molecular flexibility index (Phi) is 5.71. The average Bonchev–Trinajstić information content (AvgIpc) is 3.25. The highest BCUT2D eigenvalue weighted by Gasteiger charge is 2.40. The summed E-state index contributed by atoms with van der Waals surface area (Å²) in [5, 5.41) is 9.62. The van der Waals surface area contributed by atoms with Gasteiger partial charge in [-0.3, -0.25) is 14.2 Å². The Balaban J connectivity index is 1.60. The van der Waals surface area contributed by atoms with Crippen molar-refractivity contribution in [2.24, 2.45) is 7.05 Å². The molecule has 0 radical (unpaired) electrons. The summed E-state index contributed by atoms with van der Waals surface area (Å²) in [5.41, 5.74) is -1.96. The minimum absolute atomic E-state index is 0.0362. The van der Waals surface area contributed by atoms with Crippen LogP contribution >= 0.6 is 15.9 Å². The van der Waals surface area contributed by atoms with Gasteiger partial charge in [0.05, 0.1) is 4.47 Å². The number of aryl methyl sites for hydroxylation is 2. The zero-order valence-electron chi connectivity index (χ0n) is 15.0. The van der Waals surface area contributed by atoms with E-state index in [4.69, 9.17) is 0 Å². The van der Waals surface area contributed by atoms with E-state index in [-0.39, 0.29) is 25.4 Å². The lowest BCUT2D eigenvalue weighted by Crippen LogP contribution is -2.26. The smallest absolute Gasteiger partial charge is 0.351 e. The number of hydrogen-bond acceptors (Lipinski definition) is 3. The third kappa shape index (κ3) is 4.75. The van der Waals surface area contributed by atoms with Crippen molar-refractivity contribution < 1.29 is 31.1 Å². The lowest BCUT2D eigenvalue weighted by atomic mass is 10.2. The molecule has 0 saturated heterocycles. The summed E-state index contributed by atoms with van der Waals surface area (Å²) in [6, 6.07) is 1.04. The Bertz CT molecular complexity index is 912. The van der Waals surface area contributed by atoms with Crippen molar-refractivity contribution >= 4 is 21.8 Å². The summed E-state index contributed by atoms with van der Waals surface area (Å²) in [5.74, 6) is -0.764. The fraction of sp³-hybridized carbons (Fsp3) is 0.562. The molecule has 1 aliphatic carbocycles. The molecule has 13 heteroatoms. The molecule has 1 aliphatic rings. The monoisotopic (exact) mass is 487 g/mol. The molecule has 0 aliphatic heterocycles. The van der Waals surface area contributed by atoms with Gasteiger partial charge >= 0.3 is 12.4 Å². The van der Waals surface area contributed by atoms with E-state index >= 15 is 0 Å². The molecule has 1 amide bonds. The highest BCUT2D eigenvalue weighted by Crippen LogP contribution is 2.42. The van der Waals surface area contributed by atoms with Crippen LogP contribution in [-0.2, 0) is 25.9 Å². The maximum Gasteiger partial charge on any atom is 0.435 e. The van der Waals surface area contributed by atoms with Crippen LogP contribution in [0.2, 0.25) is 0 Å². The fourth-order valence-corrected chi connectivity index (χ4v) is 3.66. The van der Waals surface area contributed by atoms with Crippen molar-refractivity contribution in [3.05, 3.63) is 33.3 Å². The van der Waals surface area contributed by atoms with Crippen molar-refractivity contribution in [2.75, 3.05) is 6.54 Å². The molecule has 2 heterocycles. The number of carbonyl (C=O) groups is 1. The summed E-state index contributed by atoms with van der Waals surface area (Å²) in [4.78, 5) is 12.1. The molecule has 0 spiro atoms. The van der Waals surface area contributed by atoms with Gasteiger partial charge in [-0.2, -0.15) is 36.5 Å². The molecule has 0 atom stereocenters. The Hall–Kier alpha value is -2.05. The van der Waals surface area contributed by atoms with E-state index in [2.05, 4.69) is 31.4 Å². The first-order valence-electron chi connectivity index (χ1n) is 8.62. The van der Waals surface area contributed by atoms with E-state index < -0.39 is 39.8 Å². The van der Waals surface area contributed by atoms with Crippen molar-refractivity contribution in [1.82, 2.24) is 24.9 Å².